The molecule has 1 atom stereocenters. The van der Waals surface area contributed by atoms with E-state index in [1.54, 1.807) is 7.05 Å². The molecule has 0 bridgehead atoms. The molecular formula is C19H24N4O2. The molecule has 2 heterocycles. The minimum absolute atomic E-state index is 0.119. The van der Waals surface area contributed by atoms with Gasteiger partial charge in [-0.05, 0) is 38.9 Å². The van der Waals surface area contributed by atoms with Crippen molar-refractivity contribution in [2.24, 2.45) is 0 Å². The minimum Gasteiger partial charge on any atom is -0.439 e. The molecule has 6 heteroatoms. The van der Waals surface area contributed by atoms with Crippen LogP contribution in [0.1, 0.15) is 29.4 Å². The molecule has 1 aliphatic heterocycles. The van der Waals surface area contributed by atoms with Crippen LogP contribution in [0.3, 0.4) is 0 Å². The third kappa shape index (κ3) is 4.14. The first kappa shape index (κ1) is 17.4. The number of rotatable bonds is 5. The monoisotopic (exact) mass is 340 g/mol. The zero-order valence-electron chi connectivity index (χ0n) is 15.0. The number of carbonyl (C=O) groups excluding carboxylic acids is 1. The number of nitrogens with one attached hydrogen (secondary N) is 1. The lowest BCUT2D eigenvalue weighted by Crippen LogP contribution is -2.35. The van der Waals surface area contributed by atoms with Gasteiger partial charge in [-0.2, -0.15) is 4.98 Å². The van der Waals surface area contributed by atoms with Crippen molar-refractivity contribution in [3.63, 3.8) is 0 Å². The van der Waals surface area contributed by atoms with Crippen LogP contribution in [0.15, 0.2) is 30.3 Å². The average Bonchev–Trinajstić information content (AvgIpc) is 3.07. The predicted octanol–water partition coefficient (Wildman–Crippen LogP) is 2.42. The van der Waals surface area contributed by atoms with E-state index in [-0.39, 0.29) is 11.8 Å². The lowest BCUT2D eigenvalue weighted by Gasteiger charge is -2.16. The SMILES string of the molecule is CNCC(=O)N1CCC(c2nc(C)cc(Oc3ccccc3C)n2)C1. The maximum Gasteiger partial charge on any atom is 0.236 e. The van der Waals surface area contributed by atoms with Crippen molar-refractivity contribution in [1.29, 1.82) is 0 Å². The highest BCUT2D eigenvalue weighted by molar-refractivity contribution is 5.78. The molecule has 2 aromatic rings. The molecule has 1 saturated heterocycles. The molecule has 1 fully saturated rings. The van der Waals surface area contributed by atoms with Gasteiger partial charge in [-0.25, -0.2) is 4.98 Å². The Balaban J connectivity index is 1.76. The fraction of sp³-hybridized carbons (Fsp3) is 0.421. The average molecular weight is 340 g/mol. The summed E-state index contributed by atoms with van der Waals surface area (Å²) >= 11 is 0. The molecule has 1 unspecified atom stereocenters. The zero-order chi connectivity index (χ0) is 17.8. The first-order chi connectivity index (χ1) is 12.1. The van der Waals surface area contributed by atoms with E-state index < -0.39 is 0 Å². The van der Waals surface area contributed by atoms with Crippen LogP contribution in [-0.2, 0) is 4.79 Å². The third-order valence-corrected chi connectivity index (χ3v) is 4.39. The molecule has 1 aromatic heterocycles. The molecule has 6 nitrogen and oxygen atoms in total. The van der Waals surface area contributed by atoms with Crippen molar-refractivity contribution < 1.29 is 9.53 Å². The molecule has 0 saturated carbocycles. The molecule has 1 amide bonds. The smallest absolute Gasteiger partial charge is 0.236 e. The van der Waals surface area contributed by atoms with Gasteiger partial charge in [0.05, 0.1) is 6.54 Å². The van der Waals surface area contributed by atoms with E-state index in [2.05, 4.69) is 15.3 Å². The summed E-state index contributed by atoms with van der Waals surface area (Å²) in [7, 11) is 1.78. The summed E-state index contributed by atoms with van der Waals surface area (Å²) in [5.41, 5.74) is 1.93. The summed E-state index contributed by atoms with van der Waals surface area (Å²) in [4.78, 5) is 23.1. The van der Waals surface area contributed by atoms with Gasteiger partial charge in [0.1, 0.15) is 11.6 Å². The fourth-order valence-corrected chi connectivity index (χ4v) is 3.04. The highest BCUT2D eigenvalue weighted by Gasteiger charge is 2.29. The van der Waals surface area contributed by atoms with E-state index in [0.29, 0.717) is 19.0 Å². The highest BCUT2D eigenvalue weighted by atomic mass is 16.5. The number of amides is 1. The number of ether oxygens (including phenoxy) is 1. The van der Waals surface area contributed by atoms with Crippen LogP contribution in [0.4, 0.5) is 0 Å². The molecule has 3 rings (SSSR count). The zero-order valence-corrected chi connectivity index (χ0v) is 15.0. The summed E-state index contributed by atoms with van der Waals surface area (Å²) in [6, 6.07) is 9.70. The maximum atomic E-state index is 12.0. The van der Waals surface area contributed by atoms with Crippen molar-refractivity contribution in [2.75, 3.05) is 26.7 Å². The Morgan fingerprint density at radius 1 is 1.32 bits per heavy atom. The summed E-state index contributed by atoms with van der Waals surface area (Å²) in [5, 5.41) is 2.91. The number of carbonyl (C=O) groups is 1. The number of aromatic nitrogens is 2. The normalized spacial score (nSPS) is 16.9. The van der Waals surface area contributed by atoms with Crippen LogP contribution in [0, 0.1) is 13.8 Å². The van der Waals surface area contributed by atoms with E-state index in [1.165, 1.54) is 0 Å². The van der Waals surface area contributed by atoms with E-state index in [4.69, 9.17) is 4.74 Å². The molecule has 25 heavy (non-hydrogen) atoms. The number of hydrogen-bond donors (Lipinski definition) is 1. The van der Waals surface area contributed by atoms with Gasteiger partial charge in [-0.3, -0.25) is 4.79 Å². The molecule has 0 spiro atoms. The number of likely N-dealkylation sites (tertiary alicyclic amines) is 1. The molecule has 1 N–H and O–H groups in total. The van der Waals surface area contributed by atoms with Crippen LogP contribution in [0.2, 0.25) is 0 Å². The van der Waals surface area contributed by atoms with Crippen molar-refractivity contribution in [3.8, 4) is 11.6 Å². The van der Waals surface area contributed by atoms with Crippen LogP contribution in [0.5, 0.6) is 11.6 Å². The summed E-state index contributed by atoms with van der Waals surface area (Å²) in [6.07, 6.45) is 0.878. The van der Waals surface area contributed by atoms with E-state index >= 15 is 0 Å². The highest BCUT2D eigenvalue weighted by Crippen LogP contribution is 2.28. The summed E-state index contributed by atoms with van der Waals surface area (Å²) in [5.74, 6) is 2.37. The van der Waals surface area contributed by atoms with Crippen molar-refractivity contribution in [2.45, 2.75) is 26.2 Å². The third-order valence-electron chi connectivity index (χ3n) is 4.39. The Bertz CT molecular complexity index is 763. The molecule has 1 aromatic carbocycles. The Morgan fingerprint density at radius 2 is 2.12 bits per heavy atom. The van der Waals surface area contributed by atoms with Gasteiger partial charge in [-0.15, -0.1) is 0 Å². The van der Waals surface area contributed by atoms with Gasteiger partial charge < -0.3 is 15.0 Å². The summed E-state index contributed by atoms with van der Waals surface area (Å²) < 4.78 is 5.96. The number of para-hydroxylation sites is 1. The maximum absolute atomic E-state index is 12.0. The van der Waals surface area contributed by atoms with Crippen LogP contribution >= 0.6 is 0 Å². The lowest BCUT2D eigenvalue weighted by atomic mass is 10.1. The molecule has 1 aliphatic rings. The van der Waals surface area contributed by atoms with E-state index in [1.807, 2.05) is 49.1 Å². The molecular weight excluding hydrogens is 316 g/mol. The van der Waals surface area contributed by atoms with Gasteiger partial charge >= 0.3 is 0 Å². The largest absolute Gasteiger partial charge is 0.439 e. The number of likely N-dealkylation sites (N-methyl/N-ethyl adjacent to an activating group) is 1. The molecule has 0 radical (unpaired) electrons. The molecule has 0 aliphatic carbocycles. The molecule has 132 valence electrons. The number of hydrogen-bond acceptors (Lipinski definition) is 5. The topological polar surface area (TPSA) is 67.4 Å². The van der Waals surface area contributed by atoms with Gasteiger partial charge in [-0.1, -0.05) is 18.2 Å². The second-order valence-corrected chi connectivity index (χ2v) is 6.43. The Morgan fingerprint density at radius 3 is 2.88 bits per heavy atom. The number of benzene rings is 1. The Labute approximate surface area is 148 Å². The first-order valence-corrected chi connectivity index (χ1v) is 8.58. The fourth-order valence-electron chi connectivity index (χ4n) is 3.04. The van der Waals surface area contributed by atoms with E-state index in [9.17, 15) is 4.79 Å². The first-order valence-electron chi connectivity index (χ1n) is 8.58. The van der Waals surface area contributed by atoms with Gasteiger partial charge in [0.2, 0.25) is 11.8 Å². The number of aryl methyl sites for hydroxylation is 2. The second kappa shape index (κ2) is 7.61. The lowest BCUT2D eigenvalue weighted by molar-refractivity contribution is -0.129. The summed E-state index contributed by atoms with van der Waals surface area (Å²) in [6.45, 7) is 5.72. The minimum atomic E-state index is 0.119. The van der Waals surface area contributed by atoms with Crippen molar-refractivity contribution >= 4 is 5.91 Å². The quantitative estimate of drug-likeness (QED) is 0.905. The van der Waals surface area contributed by atoms with Gasteiger partial charge in [0, 0.05) is 30.8 Å². The van der Waals surface area contributed by atoms with Gasteiger partial charge in [0.15, 0.2) is 0 Å². The van der Waals surface area contributed by atoms with Gasteiger partial charge in [0.25, 0.3) is 0 Å². The second-order valence-electron chi connectivity index (χ2n) is 6.43. The van der Waals surface area contributed by atoms with Crippen LogP contribution in [0.25, 0.3) is 0 Å². The Hall–Kier alpha value is -2.47. The number of nitrogens with zero attached hydrogens (tertiary/aromatic N) is 3. The Kier molecular flexibility index (Phi) is 5.28. The van der Waals surface area contributed by atoms with Crippen molar-refractivity contribution in [1.82, 2.24) is 20.2 Å². The van der Waals surface area contributed by atoms with Crippen LogP contribution in [-0.4, -0.2) is 47.5 Å². The van der Waals surface area contributed by atoms with E-state index in [0.717, 1.165) is 35.8 Å². The van der Waals surface area contributed by atoms with Crippen LogP contribution < -0.4 is 10.1 Å². The predicted molar refractivity (Wildman–Crippen MR) is 95.9 cm³/mol. The van der Waals surface area contributed by atoms with Crippen molar-refractivity contribution in [3.05, 3.63) is 47.4 Å². The standard InChI is InChI=1S/C19H24N4O2/c1-13-6-4-5-7-16(13)25-17-10-14(2)21-19(22-17)15-8-9-23(12-15)18(24)11-20-3/h4-7,10,15,20H,8-9,11-12H2,1-3H3.